The van der Waals surface area contributed by atoms with Crippen molar-refractivity contribution in [3.8, 4) is 0 Å². The lowest BCUT2D eigenvalue weighted by molar-refractivity contribution is 0.214. The highest BCUT2D eigenvalue weighted by molar-refractivity contribution is 4.84. The lowest BCUT2D eigenvalue weighted by Crippen LogP contribution is -2.57. The molecule has 2 nitrogen and oxygen atoms in total. The summed E-state index contributed by atoms with van der Waals surface area (Å²) in [6.45, 7) is 12.7. The van der Waals surface area contributed by atoms with E-state index in [0.717, 1.165) is 31.6 Å². The van der Waals surface area contributed by atoms with E-state index in [-0.39, 0.29) is 0 Å². The predicted molar refractivity (Wildman–Crippen MR) is 53.3 cm³/mol. The second-order valence-electron chi connectivity index (χ2n) is 4.88. The third-order valence-corrected chi connectivity index (χ3v) is 3.19. The van der Waals surface area contributed by atoms with E-state index in [4.69, 9.17) is 0 Å². The fourth-order valence-corrected chi connectivity index (χ4v) is 1.04. The molecule has 0 amide bonds. The molecule has 0 aromatic rings. The van der Waals surface area contributed by atoms with Gasteiger partial charge in [0.05, 0.1) is 0 Å². The Balaban J connectivity index is 2.19. The maximum Gasteiger partial charge on any atom is 0.0317 e. The van der Waals surface area contributed by atoms with Crippen LogP contribution >= 0.6 is 0 Å². The third-order valence-electron chi connectivity index (χ3n) is 3.19. The van der Waals surface area contributed by atoms with Gasteiger partial charge in [-0.2, -0.15) is 0 Å². The zero-order chi connectivity index (χ0) is 9.19. The molecule has 1 aliphatic heterocycles. The molecule has 1 rings (SSSR count). The van der Waals surface area contributed by atoms with E-state index in [1.165, 1.54) is 0 Å². The van der Waals surface area contributed by atoms with E-state index in [9.17, 15) is 0 Å². The van der Waals surface area contributed by atoms with Crippen molar-refractivity contribution >= 4 is 0 Å². The van der Waals surface area contributed by atoms with Crippen LogP contribution in [0.1, 0.15) is 27.7 Å². The van der Waals surface area contributed by atoms with Crippen molar-refractivity contribution in [1.29, 1.82) is 0 Å². The Kier molecular flexibility index (Phi) is 3.13. The van der Waals surface area contributed by atoms with Crippen molar-refractivity contribution in [3.05, 3.63) is 0 Å². The first-order valence-corrected chi connectivity index (χ1v) is 4.96. The van der Waals surface area contributed by atoms with Gasteiger partial charge in [0.15, 0.2) is 0 Å². The molecule has 2 heteroatoms. The summed E-state index contributed by atoms with van der Waals surface area (Å²) in [5.74, 6) is 0.748. The molecule has 0 aromatic carbocycles. The third kappa shape index (κ3) is 2.46. The van der Waals surface area contributed by atoms with Gasteiger partial charge in [0.2, 0.25) is 0 Å². The van der Waals surface area contributed by atoms with E-state index in [0.29, 0.717) is 5.41 Å². The van der Waals surface area contributed by atoms with Crippen molar-refractivity contribution in [1.82, 2.24) is 10.6 Å². The normalized spacial score (nSPS) is 19.8. The van der Waals surface area contributed by atoms with Crippen LogP contribution in [-0.4, -0.2) is 25.7 Å². The van der Waals surface area contributed by atoms with Gasteiger partial charge in [0.1, 0.15) is 0 Å². The summed E-state index contributed by atoms with van der Waals surface area (Å²) in [5, 5.41) is 6.84. The minimum atomic E-state index is 0.426. The van der Waals surface area contributed by atoms with Gasteiger partial charge in [-0.15, -0.1) is 0 Å². The topological polar surface area (TPSA) is 24.1 Å². The first-order chi connectivity index (χ1) is 5.52. The summed E-state index contributed by atoms with van der Waals surface area (Å²) in [5.41, 5.74) is 0.426. The maximum atomic E-state index is 3.58. The second kappa shape index (κ2) is 3.75. The summed E-state index contributed by atoms with van der Waals surface area (Å²) in [6.07, 6.45) is 0. The molecule has 1 aliphatic rings. The summed E-state index contributed by atoms with van der Waals surface area (Å²) in [4.78, 5) is 0. The Hall–Kier alpha value is -0.0800. The quantitative estimate of drug-likeness (QED) is 0.663. The van der Waals surface area contributed by atoms with Gasteiger partial charge in [-0.1, -0.05) is 27.7 Å². The van der Waals surface area contributed by atoms with Crippen LogP contribution in [-0.2, 0) is 0 Å². The van der Waals surface area contributed by atoms with Crippen LogP contribution < -0.4 is 10.6 Å². The predicted octanol–water partition coefficient (Wildman–Crippen LogP) is 1.23. The van der Waals surface area contributed by atoms with Crippen LogP contribution in [0.2, 0.25) is 0 Å². The number of hydrogen-bond acceptors (Lipinski definition) is 2. The molecular formula is C10H22N2. The highest BCUT2D eigenvalue weighted by Crippen LogP contribution is 2.24. The van der Waals surface area contributed by atoms with Gasteiger partial charge >= 0.3 is 0 Å². The summed E-state index contributed by atoms with van der Waals surface area (Å²) in [7, 11) is 0. The fraction of sp³-hybridized carbons (Fsp3) is 1.00. The monoisotopic (exact) mass is 170 g/mol. The van der Waals surface area contributed by atoms with E-state index in [2.05, 4.69) is 38.3 Å². The molecule has 1 fully saturated rings. The molecule has 1 saturated heterocycles. The molecule has 0 unspecified atom stereocenters. The Bertz CT molecular complexity index is 137. The Morgan fingerprint density at radius 3 is 2.33 bits per heavy atom. The summed E-state index contributed by atoms with van der Waals surface area (Å²) in [6, 6.07) is 0.725. The molecule has 0 aliphatic carbocycles. The van der Waals surface area contributed by atoms with Crippen LogP contribution in [0, 0.1) is 11.3 Å². The van der Waals surface area contributed by atoms with Crippen molar-refractivity contribution in [2.45, 2.75) is 33.7 Å². The first kappa shape index (κ1) is 10.0. The minimum Gasteiger partial charge on any atom is -0.314 e. The summed E-state index contributed by atoms with van der Waals surface area (Å²) >= 11 is 0. The van der Waals surface area contributed by atoms with Crippen LogP contribution in [0.5, 0.6) is 0 Å². The molecule has 0 aromatic heterocycles. The molecular weight excluding hydrogens is 148 g/mol. The van der Waals surface area contributed by atoms with Crippen molar-refractivity contribution in [2.24, 2.45) is 11.3 Å². The average molecular weight is 170 g/mol. The molecule has 0 atom stereocenters. The molecule has 0 spiro atoms. The van der Waals surface area contributed by atoms with Crippen LogP contribution in [0.3, 0.4) is 0 Å². The lowest BCUT2D eigenvalue weighted by Gasteiger charge is -2.35. The lowest BCUT2D eigenvalue weighted by atomic mass is 9.81. The minimum absolute atomic E-state index is 0.426. The fourth-order valence-electron chi connectivity index (χ4n) is 1.04. The molecule has 0 saturated carbocycles. The zero-order valence-corrected chi connectivity index (χ0v) is 8.78. The summed E-state index contributed by atoms with van der Waals surface area (Å²) < 4.78 is 0. The van der Waals surface area contributed by atoms with Crippen molar-refractivity contribution < 1.29 is 0 Å². The zero-order valence-electron chi connectivity index (χ0n) is 8.78. The Morgan fingerprint density at radius 1 is 1.42 bits per heavy atom. The van der Waals surface area contributed by atoms with Crippen LogP contribution in [0.25, 0.3) is 0 Å². The molecule has 0 bridgehead atoms. The second-order valence-corrected chi connectivity index (χ2v) is 4.88. The van der Waals surface area contributed by atoms with Crippen molar-refractivity contribution in [2.75, 3.05) is 19.6 Å². The number of rotatable bonds is 4. The van der Waals surface area contributed by atoms with Gasteiger partial charge in [-0.25, -0.2) is 0 Å². The van der Waals surface area contributed by atoms with Gasteiger partial charge in [-0.05, 0) is 11.3 Å². The van der Waals surface area contributed by atoms with Crippen LogP contribution in [0.15, 0.2) is 0 Å². The average Bonchev–Trinajstić information content (AvgIpc) is 1.83. The van der Waals surface area contributed by atoms with E-state index >= 15 is 0 Å². The van der Waals surface area contributed by atoms with Crippen LogP contribution in [0.4, 0.5) is 0 Å². The van der Waals surface area contributed by atoms with E-state index in [1.54, 1.807) is 0 Å². The standard InChI is InChI=1S/C10H22N2/c1-8(2)10(3,4)7-12-9-5-11-6-9/h8-9,11-12H,5-7H2,1-4H3. The molecule has 72 valence electrons. The first-order valence-electron chi connectivity index (χ1n) is 4.96. The van der Waals surface area contributed by atoms with Gasteiger partial charge < -0.3 is 10.6 Å². The molecule has 0 radical (unpaired) electrons. The Labute approximate surface area is 76.1 Å². The SMILES string of the molecule is CC(C)C(C)(C)CNC1CNC1. The largest absolute Gasteiger partial charge is 0.314 e. The smallest absolute Gasteiger partial charge is 0.0317 e. The Morgan fingerprint density at radius 2 is 2.00 bits per heavy atom. The number of nitrogens with one attached hydrogen (secondary N) is 2. The maximum absolute atomic E-state index is 3.58. The highest BCUT2D eigenvalue weighted by atomic mass is 15.1. The van der Waals surface area contributed by atoms with E-state index in [1.807, 2.05) is 0 Å². The van der Waals surface area contributed by atoms with E-state index < -0.39 is 0 Å². The van der Waals surface area contributed by atoms with Crippen molar-refractivity contribution in [3.63, 3.8) is 0 Å². The van der Waals surface area contributed by atoms with Gasteiger partial charge in [0.25, 0.3) is 0 Å². The molecule has 1 heterocycles. The molecule has 2 N–H and O–H groups in total. The number of hydrogen-bond donors (Lipinski definition) is 2. The molecule has 12 heavy (non-hydrogen) atoms. The van der Waals surface area contributed by atoms with Gasteiger partial charge in [-0.3, -0.25) is 0 Å². The highest BCUT2D eigenvalue weighted by Gasteiger charge is 2.24. The van der Waals surface area contributed by atoms with Gasteiger partial charge in [0, 0.05) is 25.7 Å².